The lowest BCUT2D eigenvalue weighted by molar-refractivity contribution is 0.0523. The number of rotatable bonds is 5. The molecule has 0 aliphatic rings. The molecule has 0 aliphatic heterocycles. The van der Waals surface area contributed by atoms with Crippen LogP contribution in [0.2, 0.25) is 0 Å². The first-order valence-corrected chi connectivity index (χ1v) is 7.07. The van der Waals surface area contributed by atoms with Gasteiger partial charge in [0.15, 0.2) is 0 Å². The molecular weight excluding hydrogens is 287 g/mol. The zero-order valence-corrected chi connectivity index (χ0v) is 13.0. The van der Waals surface area contributed by atoms with Gasteiger partial charge in [0, 0.05) is 6.54 Å². The number of amides is 1. The molecule has 0 saturated heterocycles. The number of alkyl carbamates (subject to hydrolysis) is 1. The zero-order valence-electron chi connectivity index (χ0n) is 13.0. The third-order valence-electron chi connectivity index (χ3n) is 2.76. The van der Waals surface area contributed by atoms with Crippen LogP contribution in [0.5, 0.6) is 0 Å². The van der Waals surface area contributed by atoms with Crippen molar-refractivity contribution in [1.29, 1.82) is 5.26 Å². The molecule has 1 atom stereocenters. The molecule has 6 heteroatoms. The number of nitrogens with zero attached hydrogens (tertiary/aromatic N) is 1. The summed E-state index contributed by atoms with van der Waals surface area (Å²) in [6.45, 7) is 5.65. The van der Waals surface area contributed by atoms with Crippen LogP contribution in [-0.4, -0.2) is 23.3 Å². The minimum Gasteiger partial charge on any atom is -0.444 e. The average Bonchev–Trinajstić information content (AvgIpc) is 2.40. The van der Waals surface area contributed by atoms with Crippen molar-refractivity contribution in [2.24, 2.45) is 0 Å². The highest BCUT2D eigenvalue weighted by atomic mass is 19.1. The zero-order chi connectivity index (χ0) is 16.8. The molecule has 2 N–H and O–H groups in total. The molecule has 1 aromatic carbocycles. The second-order valence-electron chi connectivity index (χ2n) is 5.97. The van der Waals surface area contributed by atoms with E-state index in [2.05, 4.69) is 5.32 Å². The first kappa shape index (κ1) is 17.9. The number of carbonyl (C=O) groups excluding carboxylic acids is 1. The van der Waals surface area contributed by atoms with Crippen LogP contribution >= 0.6 is 0 Å². The summed E-state index contributed by atoms with van der Waals surface area (Å²) in [6, 6.07) is 5.61. The van der Waals surface area contributed by atoms with E-state index in [1.54, 1.807) is 20.8 Å². The van der Waals surface area contributed by atoms with E-state index in [0.29, 0.717) is 24.9 Å². The summed E-state index contributed by atoms with van der Waals surface area (Å²) >= 11 is 0. The molecule has 0 spiro atoms. The first-order valence-electron chi connectivity index (χ1n) is 7.07. The molecule has 1 amide bonds. The van der Waals surface area contributed by atoms with Gasteiger partial charge in [-0.05, 0) is 57.4 Å². The van der Waals surface area contributed by atoms with Crippen LogP contribution in [0.3, 0.4) is 0 Å². The number of aliphatic hydroxyl groups is 1. The monoisotopic (exact) mass is 308 g/mol. The van der Waals surface area contributed by atoms with Crippen molar-refractivity contribution < 1.29 is 19.0 Å². The predicted octanol–water partition coefficient (Wildman–Crippen LogP) is 3.04. The van der Waals surface area contributed by atoms with Gasteiger partial charge in [-0.1, -0.05) is 0 Å². The Hall–Kier alpha value is -2.13. The van der Waals surface area contributed by atoms with Gasteiger partial charge in [0.05, 0.1) is 17.7 Å². The fraction of sp³-hybridized carbons (Fsp3) is 0.500. The third kappa shape index (κ3) is 6.55. The number of hydrogen-bond acceptors (Lipinski definition) is 4. The van der Waals surface area contributed by atoms with Gasteiger partial charge < -0.3 is 15.2 Å². The number of hydrogen-bond donors (Lipinski definition) is 2. The van der Waals surface area contributed by atoms with Crippen LogP contribution in [0.4, 0.5) is 9.18 Å². The molecule has 120 valence electrons. The van der Waals surface area contributed by atoms with E-state index in [1.165, 1.54) is 12.1 Å². The molecule has 22 heavy (non-hydrogen) atoms. The molecule has 0 fully saturated rings. The predicted molar refractivity (Wildman–Crippen MR) is 79.5 cm³/mol. The summed E-state index contributed by atoms with van der Waals surface area (Å²) < 4.78 is 18.4. The highest BCUT2D eigenvalue weighted by Crippen LogP contribution is 2.20. The van der Waals surface area contributed by atoms with Gasteiger partial charge in [0.1, 0.15) is 11.4 Å². The molecule has 0 saturated carbocycles. The van der Waals surface area contributed by atoms with Gasteiger partial charge in [0.25, 0.3) is 0 Å². The van der Waals surface area contributed by atoms with E-state index in [1.807, 2.05) is 6.07 Å². The SMILES string of the molecule is CC(C)(C)OC(=O)NCCCC(O)c1cc(F)cc(C#N)c1. The van der Waals surface area contributed by atoms with E-state index >= 15 is 0 Å². The van der Waals surface area contributed by atoms with Gasteiger partial charge in [-0.3, -0.25) is 0 Å². The van der Waals surface area contributed by atoms with E-state index in [4.69, 9.17) is 10.00 Å². The average molecular weight is 308 g/mol. The van der Waals surface area contributed by atoms with E-state index in [-0.39, 0.29) is 5.56 Å². The van der Waals surface area contributed by atoms with Crippen molar-refractivity contribution in [3.8, 4) is 6.07 Å². The molecular formula is C16H21FN2O3. The lowest BCUT2D eigenvalue weighted by Gasteiger charge is -2.19. The Morgan fingerprint density at radius 2 is 2.14 bits per heavy atom. The van der Waals surface area contributed by atoms with Crippen molar-refractivity contribution in [3.05, 3.63) is 35.1 Å². The Bertz CT molecular complexity index is 561. The number of ether oxygens (including phenoxy) is 1. The first-order chi connectivity index (χ1) is 10.2. The Balaban J connectivity index is 2.41. The molecule has 0 aliphatic carbocycles. The molecule has 1 rings (SSSR count). The van der Waals surface area contributed by atoms with Crippen LogP contribution in [0, 0.1) is 17.1 Å². The third-order valence-corrected chi connectivity index (χ3v) is 2.76. The van der Waals surface area contributed by atoms with Gasteiger partial charge in [0.2, 0.25) is 0 Å². The maximum absolute atomic E-state index is 13.3. The van der Waals surface area contributed by atoms with Gasteiger partial charge in [-0.2, -0.15) is 5.26 Å². The summed E-state index contributed by atoms with van der Waals surface area (Å²) in [5.74, 6) is -0.556. The number of carbonyl (C=O) groups is 1. The van der Waals surface area contributed by atoms with Crippen LogP contribution < -0.4 is 5.32 Å². The van der Waals surface area contributed by atoms with Gasteiger partial charge >= 0.3 is 6.09 Å². The van der Waals surface area contributed by atoms with Crippen LogP contribution in [0.25, 0.3) is 0 Å². The molecule has 0 aromatic heterocycles. The smallest absolute Gasteiger partial charge is 0.407 e. The molecule has 0 radical (unpaired) electrons. The Labute approximate surface area is 129 Å². The summed E-state index contributed by atoms with van der Waals surface area (Å²) in [7, 11) is 0. The normalized spacial score (nSPS) is 12.4. The number of benzene rings is 1. The maximum atomic E-state index is 13.3. The number of aliphatic hydroxyl groups excluding tert-OH is 1. The Kier molecular flexibility index (Phi) is 6.32. The summed E-state index contributed by atoms with van der Waals surface area (Å²) in [4.78, 5) is 11.4. The van der Waals surface area contributed by atoms with Crippen molar-refractivity contribution in [2.45, 2.75) is 45.3 Å². The standard InChI is InChI=1S/C16H21FN2O3/c1-16(2,3)22-15(21)19-6-4-5-14(20)12-7-11(10-18)8-13(17)9-12/h7-9,14,20H,4-6H2,1-3H3,(H,19,21). The Morgan fingerprint density at radius 1 is 1.45 bits per heavy atom. The lowest BCUT2D eigenvalue weighted by Crippen LogP contribution is -2.33. The fourth-order valence-corrected chi connectivity index (χ4v) is 1.84. The van der Waals surface area contributed by atoms with Gasteiger partial charge in [-0.25, -0.2) is 9.18 Å². The minimum atomic E-state index is -0.886. The van der Waals surface area contributed by atoms with Crippen LogP contribution in [0.1, 0.15) is 50.8 Å². The van der Waals surface area contributed by atoms with Crippen molar-refractivity contribution >= 4 is 6.09 Å². The number of nitrogens with one attached hydrogen (secondary N) is 1. The quantitative estimate of drug-likeness (QED) is 0.819. The summed E-state index contributed by atoms with van der Waals surface area (Å²) in [5.41, 5.74) is -0.0338. The highest BCUT2D eigenvalue weighted by Gasteiger charge is 2.16. The molecule has 1 unspecified atom stereocenters. The molecule has 1 aromatic rings. The molecule has 0 bridgehead atoms. The summed E-state index contributed by atoms with van der Waals surface area (Å²) in [6.07, 6.45) is -0.564. The van der Waals surface area contributed by atoms with Crippen LogP contribution in [0.15, 0.2) is 18.2 Å². The van der Waals surface area contributed by atoms with Gasteiger partial charge in [-0.15, -0.1) is 0 Å². The van der Waals surface area contributed by atoms with Crippen molar-refractivity contribution in [2.75, 3.05) is 6.54 Å². The second kappa shape index (κ2) is 7.76. The number of nitriles is 1. The van der Waals surface area contributed by atoms with Crippen molar-refractivity contribution in [1.82, 2.24) is 5.32 Å². The summed E-state index contributed by atoms with van der Waals surface area (Å²) in [5, 5.41) is 21.4. The van der Waals surface area contributed by atoms with Crippen LogP contribution in [-0.2, 0) is 4.74 Å². The maximum Gasteiger partial charge on any atom is 0.407 e. The topological polar surface area (TPSA) is 82.3 Å². The fourth-order valence-electron chi connectivity index (χ4n) is 1.84. The molecule has 5 nitrogen and oxygen atoms in total. The van der Waals surface area contributed by atoms with E-state index < -0.39 is 23.6 Å². The second-order valence-corrected chi connectivity index (χ2v) is 5.97. The largest absolute Gasteiger partial charge is 0.444 e. The van der Waals surface area contributed by atoms with Crippen molar-refractivity contribution in [3.63, 3.8) is 0 Å². The number of halogens is 1. The molecule has 0 heterocycles. The van der Waals surface area contributed by atoms with E-state index in [0.717, 1.165) is 6.07 Å². The minimum absolute atomic E-state index is 0.168. The lowest BCUT2D eigenvalue weighted by atomic mass is 10.0. The highest BCUT2D eigenvalue weighted by molar-refractivity contribution is 5.67. The Morgan fingerprint density at radius 3 is 2.73 bits per heavy atom. The van der Waals surface area contributed by atoms with E-state index in [9.17, 15) is 14.3 Å².